The summed E-state index contributed by atoms with van der Waals surface area (Å²) in [5.74, 6) is -0.180. The van der Waals surface area contributed by atoms with Crippen LogP contribution < -0.4 is 5.32 Å². The molecule has 1 heterocycles. The first kappa shape index (κ1) is 13.1. The first-order valence-electron chi connectivity index (χ1n) is 6.28. The number of hydrogen-bond donors (Lipinski definition) is 1. The van der Waals surface area contributed by atoms with Crippen LogP contribution in [-0.4, -0.2) is 18.2 Å². The van der Waals surface area contributed by atoms with Gasteiger partial charge < -0.3 is 9.88 Å². The van der Waals surface area contributed by atoms with Crippen molar-refractivity contribution < 1.29 is 4.39 Å². The molecule has 0 spiro atoms. The topological polar surface area (TPSA) is 17.0 Å². The van der Waals surface area contributed by atoms with Crippen molar-refractivity contribution in [1.82, 2.24) is 9.88 Å². The van der Waals surface area contributed by atoms with Crippen LogP contribution in [0.5, 0.6) is 0 Å². The number of benzene rings is 1. The van der Waals surface area contributed by atoms with Crippen molar-refractivity contribution in [2.45, 2.75) is 26.2 Å². The van der Waals surface area contributed by atoms with Crippen molar-refractivity contribution in [2.75, 3.05) is 13.6 Å². The molecule has 0 aliphatic carbocycles. The van der Waals surface area contributed by atoms with E-state index in [0.717, 1.165) is 17.4 Å². The molecule has 0 atom stereocenters. The minimum atomic E-state index is -0.180. The standard InChI is InChI=1S/C15H21FN2/c1-10-14(15(2,3)9-17-4)12-7-6-11(16)8-13(12)18(10)5/h6-8,17H,9H2,1-5H3. The average Bonchev–Trinajstić information content (AvgIpc) is 2.53. The van der Waals surface area contributed by atoms with Crippen molar-refractivity contribution in [3.63, 3.8) is 0 Å². The number of nitrogens with zero attached hydrogens (tertiary/aromatic N) is 1. The first-order chi connectivity index (χ1) is 8.38. The molecule has 2 nitrogen and oxygen atoms in total. The van der Waals surface area contributed by atoms with Gasteiger partial charge in [-0.2, -0.15) is 0 Å². The highest BCUT2D eigenvalue weighted by atomic mass is 19.1. The van der Waals surface area contributed by atoms with E-state index in [1.54, 1.807) is 12.1 Å². The zero-order chi connectivity index (χ0) is 13.5. The van der Waals surface area contributed by atoms with Crippen molar-refractivity contribution >= 4 is 10.9 Å². The Morgan fingerprint density at radius 3 is 2.61 bits per heavy atom. The van der Waals surface area contributed by atoms with Crippen LogP contribution in [0.15, 0.2) is 18.2 Å². The molecule has 18 heavy (non-hydrogen) atoms. The monoisotopic (exact) mass is 248 g/mol. The van der Waals surface area contributed by atoms with Gasteiger partial charge >= 0.3 is 0 Å². The summed E-state index contributed by atoms with van der Waals surface area (Å²) < 4.78 is 15.5. The van der Waals surface area contributed by atoms with Gasteiger partial charge in [0.25, 0.3) is 0 Å². The van der Waals surface area contributed by atoms with Crippen molar-refractivity contribution in [3.8, 4) is 0 Å². The summed E-state index contributed by atoms with van der Waals surface area (Å²) in [5.41, 5.74) is 3.49. The van der Waals surface area contributed by atoms with Crippen LogP contribution in [0, 0.1) is 12.7 Å². The van der Waals surface area contributed by atoms with E-state index in [-0.39, 0.29) is 11.2 Å². The largest absolute Gasteiger partial charge is 0.348 e. The van der Waals surface area contributed by atoms with Gasteiger partial charge in [0.15, 0.2) is 0 Å². The van der Waals surface area contributed by atoms with E-state index >= 15 is 0 Å². The number of rotatable bonds is 3. The summed E-state index contributed by atoms with van der Waals surface area (Å²) in [6.45, 7) is 7.43. The number of aryl methyl sites for hydroxylation is 1. The van der Waals surface area contributed by atoms with E-state index < -0.39 is 0 Å². The SMILES string of the molecule is CNCC(C)(C)c1c(C)n(C)c2cc(F)ccc12. The fourth-order valence-corrected chi connectivity index (χ4v) is 2.92. The fourth-order valence-electron chi connectivity index (χ4n) is 2.92. The van der Waals surface area contributed by atoms with E-state index in [9.17, 15) is 4.39 Å². The van der Waals surface area contributed by atoms with Crippen LogP contribution in [0.1, 0.15) is 25.1 Å². The van der Waals surface area contributed by atoms with Gasteiger partial charge in [-0.1, -0.05) is 13.8 Å². The van der Waals surface area contributed by atoms with Crippen LogP contribution in [0.25, 0.3) is 10.9 Å². The number of halogens is 1. The van der Waals surface area contributed by atoms with Crippen LogP contribution in [0.4, 0.5) is 4.39 Å². The van der Waals surface area contributed by atoms with Crippen molar-refractivity contribution in [2.24, 2.45) is 7.05 Å². The second-order valence-electron chi connectivity index (χ2n) is 5.60. The predicted octanol–water partition coefficient (Wildman–Crippen LogP) is 3.12. The predicted molar refractivity (Wildman–Crippen MR) is 74.6 cm³/mol. The van der Waals surface area contributed by atoms with E-state index in [1.165, 1.54) is 11.3 Å². The molecule has 0 fully saturated rings. The molecule has 0 bridgehead atoms. The second-order valence-corrected chi connectivity index (χ2v) is 5.60. The van der Waals surface area contributed by atoms with Crippen molar-refractivity contribution in [1.29, 1.82) is 0 Å². The Kier molecular flexibility index (Phi) is 3.20. The highest BCUT2D eigenvalue weighted by Gasteiger charge is 2.27. The lowest BCUT2D eigenvalue weighted by Crippen LogP contribution is -2.31. The zero-order valence-corrected chi connectivity index (χ0v) is 11.8. The molecule has 0 unspecified atom stereocenters. The van der Waals surface area contributed by atoms with Gasteiger partial charge in [0.1, 0.15) is 5.82 Å². The number of fused-ring (bicyclic) bond motifs is 1. The molecule has 0 saturated carbocycles. The van der Waals surface area contributed by atoms with Crippen LogP contribution in [-0.2, 0) is 12.5 Å². The van der Waals surface area contributed by atoms with Gasteiger partial charge in [0, 0.05) is 30.1 Å². The van der Waals surface area contributed by atoms with Crippen LogP contribution >= 0.6 is 0 Å². The maximum Gasteiger partial charge on any atom is 0.125 e. The zero-order valence-electron chi connectivity index (χ0n) is 11.8. The van der Waals surface area contributed by atoms with Gasteiger partial charge in [-0.3, -0.25) is 0 Å². The van der Waals surface area contributed by atoms with E-state index in [1.807, 2.05) is 20.2 Å². The Labute approximate surface area is 108 Å². The molecule has 1 aromatic heterocycles. The van der Waals surface area contributed by atoms with Gasteiger partial charge in [0.05, 0.1) is 5.52 Å². The Morgan fingerprint density at radius 2 is 2.00 bits per heavy atom. The molecular formula is C15H21FN2. The lowest BCUT2D eigenvalue weighted by molar-refractivity contribution is 0.493. The Balaban J connectivity index is 2.75. The number of nitrogens with one attached hydrogen (secondary N) is 1. The summed E-state index contributed by atoms with van der Waals surface area (Å²) in [6, 6.07) is 5.05. The molecule has 0 aliphatic rings. The smallest absolute Gasteiger partial charge is 0.125 e. The quantitative estimate of drug-likeness (QED) is 0.883. The molecular weight excluding hydrogens is 227 g/mol. The van der Waals surface area contributed by atoms with Crippen LogP contribution in [0.2, 0.25) is 0 Å². The van der Waals surface area contributed by atoms with Crippen molar-refractivity contribution in [3.05, 3.63) is 35.3 Å². The minimum absolute atomic E-state index is 0.0240. The van der Waals surface area contributed by atoms with Gasteiger partial charge in [0.2, 0.25) is 0 Å². The molecule has 0 aliphatic heterocycles. The number of likely N-dealkylation sites (N-methyl/N-ethyl adjacent to an activating group) is 1. The molecule has 3 heteroatoms. The molecule has 0 amide bonds. The number of hydrogen-bond acceptors (Lipinski definition) is 1. The molecule has 1 N–H and O–H groups in total. The van der Waals surface area contributed by atoms with Gasteiger partial charge in [-0.25, -0.2) is 4.39 Å². The molecule has 98 valence electrons. The van der Waals surface area contributed by atoms with E-state index in [2.05, 4.69) is 30.7 Å². The third-order valence-corrected chi connectivity index (χ3v) is 3.75. The average molecular weight is 248 g/mol. The van der Waals surface area contributed by atoms with Gasteiger partial charge in [-0.05, 0) is 37.7 Å². The van der Waals surface area contributed by atoms with E-state index in [4.69, 9.17) is 0 Å². The third kappa shape index (κ3) is 1.93. The summed E-state index contributed by atoms with van der Waals surface area (Å²) in [5, 5.41) is 4.39. The maximum absolute atomic E-state index is 13.4. The normalized spacial score (nSPS) is 12.3. The van der Waals surface area contributed by atoms with Gasteiger partial charge in [-0.15, -0.1) is 0 Å². The highest BCUT2D eigenvalue weighted by Crippen LogP contribution is 2.34. The maximum atomic E-state index is 13.4. The molecule has 1 aromatic carbocycles. The molecule has 2 aromatic rings. The fraction of sp³-hybridized carbons (Fsp3) is 0.467. The Bertz CT molecular complexity index is 582. The molecule has 2 rings (SSSR count). The Morgan fingerprint density at radius 1 is 1.33 bits per heavy atom. The lowest BCUT2D eigenvalue weighted by atomic mass is 9.82. The lowest BCUT2D eigenvalue weighted by Gasteiger charge is -2.25. The summed E-state index contributed by atoms with van der Waals surface area (Å²) in [7, 11) is 3.96. The van der Waals surface area contributed by atoms with E-state index in [0.29, 0.717) is 0 Å². The summed E-state index contributed by atoms with van der Waals surface area (Å²) >= 11 is 0. The van der Waals surface area contributed by atoms with Crippen LogP contribution in [0.3, 0.4) is 0 Å². The molecule has 0 saturated heterocycles. The minimum Gasteiger partial charge on any atom is -0.348 e. The second kappa shape index (κ2) is 4.39. The molecule has 0 radical (unpaired) electrons. The highest BCUT2D eigenvalue weighted by molar-refractivity contribution is 5.86. The summed E-state index contributed by atoms with van der Waals surface area (Å²) in [6.07, 6.45) is 0. The summed E-state index contributed by atoms with van der Waals surface area (Å²) in [4.78, 5) is 0. The Hall–Kier alpha value is -1.35. The third-order valence-electron chi connectivity index (χ3n) is 3.75. The first-order valence-corrected chi connectivity index (χ1v) is 6.28. The number of aromatic nitrogens is 1.